The number of carboxylic acids is 1. The zero-order chi connectivity index (χ0) is 24.2. The van der Waals surface area contributed by atoms with Gasteiger partial charge in [-0.3, -0.25) is 20.2 Å². The molecule has 0 aliphatic heterocycles. The van der Waals surface area contributed by atoms with E-state index in [0.717, 1.165) is 36.7 Å². The average molecular weight is 454 g/mol. The SMILES string of the molecule is O=C(O)c1ccc(C(O)(O)NC(=O)c2cc(C(=O)NC(O)(O)c3ccccc3)ncn2)cc1. The summed E-state index contributed by atoms with van der Waals surface area (Å²) in [5, 5.41) is 53.4. The lowest BCUT2D eigenvalue weighted by atomic mass is 10.1. The highest BCUT2D eigenvalue weighted by Gasteiger charge is 2.31. The van der Waals surface area contributed by atoms with Crippen molar-refractivity contribution in [1.29, 1.82) is 0 Å². The molecule has 12 heteroatoms. The molecule has 2 aromatic carbocycles. The summed E-state index contributed by atoms with van der Waals surface area (Å²) in [5.41, 5.74) is -1.21. The molecule has 0 aliphatic rings. The Kier molecular flexibility index (Phi) is 6.46. The second kappa shape index (κ2) is 9.10. The Morgan fingerprint density at radius 2 is 1.15 bits per heavy atom. The first-order valence-corrected chi connectivity index (χ1v) is 9.25. The van der Waals surface area contributed by atoms with Gasteiger partial charge < -0.3 is 25.5 Å². The molecule has 0 aliphatic carbocycles. The number of carbonyl (C=O) groups excluding carboxylic acids is 2. The van der Waals surface area contributed by atoms with Gasteiger partial charge in [0.1, 0.15) is 17.7 Å². The van der Waals surface area contributed by atoms with Crippen molar-refractivity contribution >= 4 is 17.8 Å². The molecule has 0 saturated carbocycles. The summed E-state index contributed by atoms with van der Waals surface area (Å²) < 4.78 is 0. The van der Waals surface area contributed by atoms with Crippen LogP contribution in [0.5, 0.6) is 0 Å². The molecule has 33 heavy (non-hydrogen) atoms. The van der Waals surface area contributed by atoms with E-state index in [4.69, 9.17) is 5.11 Å². The van der Waals surface area contributed by atoms with Crippen LogP contribution in [0.25, 0.3) is 0 Å². The van der Waals surface area contributed by atoms with Crippen LogP contribution >= 0.6 is 0 Å². The van der Waals surface area contributed by atoms with Gasteiger partial charge in [0.2, 0.25) is 0 Å². The molecule has 12 nitrogen and oxygen atoms in total. The van der Waals surface area contributed by atoms with Crippen molar-refractivity contribution in [1.82, 2.24) is 20.6 Å². The number of aromatic carboxylic acids is 1. The van der Waals surface area contributed by atoms with E-state index in [-0.39, 0.29) is 16.7 Å². The lowest BCUT2D eigenvalue weighted by Gasteiger charge is -2.23. The largest absolute Gasteiger partial charge is 0.478 e. The fourth-order valence-corrected chi connectivity index (χ4v) is 2.71. The number of carbonyl (C=O) groups is 3. The Bertz CT molecular complexity index is 1180. The van der Waals surface area contributed by atoms with Gasteiger partial charge in [-0.2, -0.15) is 0 Å². The number of hydrogen-bond acceptors (Lipinski definition) is 9. The number of rotatable bonds is 7. The van der Waals surface area contributed by atoms with Gasteiger partial charge in [-0.1, -0.05) is 42.5 Å². The second-order valence-corrected chi connectivity index (χ2v) is 6.79. The highest BCUT2D eigenvalue weighted by molar-refractivity contribution is 5.97. The van der Waals surface area contributed by atoms with Crippen LogP contribution in [0.3, 0.4) is 0 Å². The van der Waals surface area contributed by atoms with Crippen LogP contribution in [-0.4, -0.2) is 53.3 Å². The topological polar surface area (TPSA) is 202 Å². The Labute approximate surface area is 185 Å². The van der Waals surface area contributed by atoms with Crippen molar-refractivity contribution in [2.75, 3.05) is 0 Å². The summed E-state index contributed by atoms with van der Waals surface area (Å²) >= 11 is 0. The number of aromatic nitrogens is 2. The summed E-state index contributed by atoms with van der Waals surface area (Å²) in [6.07, 6.45) is 0.848. The minimum absolute atomic E-state index is 0.0235. The lowest BCUT2D eigenvalue weighted by Crippen LogP contribution is -2.47. The van der Waals surface area contributed by atoms with Crippen LogP contribution in [0.4, 0.5) is 0 Å². The van der Waals surface area contributed by atoms with Gasteiger partial charge in [0.15, 0.2) is 0 Å². The van der Waals surface area contributed by atoms with Gasteiger partial charge in [0.05, 0.1) is 5.56 Å². The standard InChI is InChI=1S/C21H18N4O8/c26-17(24-20(30,31)13-4-2-1-3-5-13)15-10-16(23-11-22-15)18(27)25-21(32,33)14-8-6-12(7-9-14)19(28)29/h1-11,30-33H,(H,24,26)(H,25,27)(H,28,29). The Balaban J connectivity index is 1.75. The van der Waals surface area contributed by atoms with Crippen LogP contribution in [0, 0.1) is 0 Å². The van der Waals surface area contributed by atoms with Crippen LogP contribution in [0.15, 0.2) is 67.0 Å². The van der Waals surface area contributed by atoms with E-state index in [1.807, 2.05) is 10.6 Å². The molecule has 7 N–H and O–H groups in total. The molecule has 0 bridgehead atoms. The van der Waals surface area contributed by atoms with Crippen LogP contribution in [0.2, 0.25) is 0 Å². The van der Waals surface area contributed by atoms with Gasteiger partial charge in [-0.15, -0.1) is 0 Å². The van der Waals surface area contributed by atoms with Crippen molar-refractivity contribution in [2.24, 2.45) is 0 Å². The number of amides is 2. The Hall–Kier alpha value is -4.23. The molecule has 3 aromatic rings. The Morgan fingerprint density at radius 3 is 1.61 bits per heavy atom. The van der Waals surface area contributed by atoms with Crippen LogP contribution < -0.4 is 10.6 Å². The predicted octanol–water partition coefficient (Wildman–Crippen LogP) is -0.775. The maximum atomic E-state index is 12.4. The quantitative estimate of drug-likeness (QED) is 0.222. The first kappa shape index (κ1) is 23.4. The zero-order valence-corrected chi connectivity index (χ0v) is 16.7. The van der Waals surface area contributed by atoms with E-state index in [0.29, 0.717) is 0 Å². The zero-order valence-electron chi connectivity index (χ0n) is 16.7. The summed E-state index contributed by atoms with van der Waals surface area (Å²) in [4.78, 5) is 43.1. The van der Waals surface area contributed by atoms with Gasteiger partial charge in [0.25, 0.3) is 23.6 Å². The van der Waals surface area contributed by atoms with E-state index in [1.165, 1.54) is 24.3 Å². The third-order valence-electron chi connectivity index (χ3n) is 4.42. The smallest absolute Gasteiger partial charge is 0.335 e. The molecule has 2 amide bonds. The summed E-state index contributed by atoms with van der Waals surface area (Å²) in [6, 6.07) is 12.7. The minimum Gasteiger partial charge on any atom is -0.478 e. The first-order chi connectivity index (χ1) is 15.5. The van der Waals surface area contributed by atoms with E-state index >= 15 is 0 Å². The molecule has 0 spiro atoms. The van der Waals surface area contributed by atoms with E-state index in [1.54, 1.807) is 6.07 Å². The van der Waals surface area contributed by atoms with Crippen molar-refractivity contribution in [3.8, 4) is 0 Å². The first-order valence-electron chi connectivity index (χ1n) is 9.25. The second-order valence-electron chi connectivity index (χ2n) is 6.79. The third kappa shape index (κ3) is 5.53. The fraction of sp³-hybridized carbons (Fsp3) is 0.0952. The summed E-state index contributed by atoms with van der Waals surface area (Å²) in [5.74, 6) is -9.00. The number of nitrogens with one attached hydrogen (secondary N) is 2. The normalized spacial score (nSPS) is 11.5. The molecule has 0 radical (unpaired) electrons. The van der Waals surface area contributed by atoms with Crippen LogP contribution in [0.1, 0.15) is 42.5 Å². The third-order valence-corrected chi connectivity index (χ3v) is 4.42. The maximum absolute atomic E-state index is 12.4. The molecule has 3 rings (SSSR count). The van der Waals surface area contributed by atoms with E-state index < -0.39 is 41.0 Å². The predicted molar refractivity (Wildman–Crippen MR) is 109 cm³/mol. The molecule has 0 saturated heterocycles. The van der Waals surface area contributed by atoms with Crippen LogP contribution in [-0.2, 0) is 11.8 Å². The molecule has 1 aromatic heterocycles. The number of benzene rings is 2. The minimum atomic E-state index is -2.89. The van der Waals surface area contributed by atoms with Crippen molar-refractivity contribution in [3.05, 3.63) is 95.1 Å². The highest BCUT2D eigenvalue weighted by Crippen LogP contribution is 2.17. The monoisotopic (exact) mass is 454 g/mol. The summed E-state index contributed by atoms with van der Waals surface area (Å²) in [7, 11) is 0. The number of aliphatic hydroxyl groups is 4. The number of nitrogens with zero attached hydrogens (tertiary/aromatic N) is 2. The molecule has 0 unspecified atom stereocenters. The van der Waals surface area contributed by atoms with Gasteiger partial charge in [-0.25, -0.2) is 14.8 Å². The molecular weight excluding hydrogens is 436 g/mol. The molecule has 0 fully saturated rings. The van der Waals surface area contributed by atoms with Crippen molar-refractivity contribution < 1.29 is 39.9 Å². The van der Waals surface area contributed by atoms with Crippen molar-refractivity contribution in [3.63, 3.8) is 0 Å². The van der Waals surface area contributed by atoms with Gasteiger partial charge >= 0.3 is 5.97 Å². The van der Waals surface area contributed by atoms with E-state index in [2.05, 4.69) is 9.97 Å². The molecular formula is C21H18N4O8. The van der Waals surface area contributed by atoms with Crippen molar-refractivity contribution in [2.45, 2.75) is 11.8 Å². The highest BCUT2D eigenvalue weighted by atomic mass is 16.5. The average Bonchev–Trinajstić information content (AvgIpc) is 2.79. The number of hydrogen-bond donors (Lipinski definition) is 7. The number of carboxylic acid groups (broad SMARTS) is 1. The van der Waals surface area contributed by atoms with Gasteiger partial charge in [-0.05, 0) is 12.1 Å². The molecule has 1 heterocycles. The summed E-state index contributed by atoms with van der Waals surface area (Å²) in [6.45, 7) is 0. The lowest BCUT2D eigenvalue weighted by molar-refractivity contribution is -0.186. The van der Waals surface area contributed by atoms with E-state index in [9.17, 15) is 34.8 Å². The fourth-order valence-electron chi connectivity index (χ4n) is 2.71. The molecule has 0 atom stereocenters. The Morgan fingerprint density at radius 1 is 0.697 bits per heavy atom. The van der Waals surface area contributed by atoms with Gasteiger partial charge in [0, 0.05) is 17.2 Å². The maximum Gasteiger partial charge on any atom is 0.335 e. The molecule has 170 valence electrons.